The van der Waals surface area contributed by atoms with Crippen LogP contribution in [0.25, 0.3) is 0 Å². The number of hydrogen-bond donors (Lipinski definition) is 1. The van der Waals surface area contributed by atoms with Crippen LogP contribution >= 0.6 is 0 Å². The van der Waals surface area contributed by atoms with E-state index in [0.717, 1.165) is 37.3 Å². The van der Waals surface area contributed by atoms with Crippen molar-refractivity contribution < 1.29 is 28.3 Å². The molecule has 6 nitrogen and oxygen atoms in total. The van der Waals surface area contributed by atoms with Crippen LogP contribution in [0.1, 0.15) is 91.1 Å². The molecule has 1 N–H and O–H groups in total. The molecule has 0 radical (unpaired) electrons. The highest BCUT2D eigenvalue weighted by Crippen LogP contribution is 2.31. The number of ketones is 1. The van der Waals surface area contributed by atoms with E-state index in [4.69, 9.17) is 0 Å². The van der Waals surface area contributed by atoms with Crippen LogP contribution in [0.4, 0.5) is 8.78 Å². The summed E-state index contributed by atoms with van der Waals surface area (Å²) in [7, 11) is 0. The van der Waals surface area contributed by atoms with Crippen molar-refractivity contribution in [3.8, 4) is 0 Å². The van der Waals surface area contributed by atoms with E-state index in [1.54, 1.807) is 28.0 Å². The number of aliphatic hydroxyl groups excluding tert-OH is 1. The van der Waals surface area contributed by atoms with Crippen molar-refractivity contribution in [3.63, 3.8) is 0 Å². The number of likely N-dealkylation sites (tertiary alicyclic amines) is 1. The smallest absolute Gasteiger partial charge is 0.253 e. The fourth-order valence-electron chi connectivity index (χ4n) is 5.91. The van der Waals surface area contributed by atoms with Crippen LogP contribution in [0.2, 0.25) is 0 Å². The third-order valence-electron chi connectivity index (χ3n) is 7.75. The number of carbonyl (C=O) groups excluding carboxylic acids is 3. The van der Waals surface area contributed by atoms with Crippen LogP contribution in [0, 0.1) is 30.4 Å². The molecule has 0 aliphatic carbocycles. The van der Waals surface area contributed by atoms with Crippen molar-refractivity contribution in [1.82, 2.24) is 9.80 Å². The van der Waals surface area contributed by atoms with Crippen LogP contribution in [0.5, 0.6) is 0 Å². The quantitative estimate of drug-likeness (QED) is 0.284. The first-order valence-corrected chi connectivity index (χ1v) is 14.9. The van der Waals surface area contributed by atoms with Crippen LogP contribution in [-0.2, 0) is 11.2 Å². The first kappa shape index (κ1) is 32.4. The minimum atomic E-state index is -1.17. The second kappa shape index (κ2) is 15.2. The third-order valence-corrected chi connectivity index (χ3v) is 7.75. The maximum Gasteiger partial charge on any atom is 0.253 e. The van der Waals surface area contributed by atoms with E-state index in [0.29, 0.717) is 49.3 Å². The molecule has 8 heteroatoms. The Bertz CT molecular complexity index is 1190. The van der Waals surface area contributed by atoms with Crippen LogP contribution < -0.4 is 0 Å². The van der Waals surface area contributed by atoms with E-state index in [1.165, 1.54) is 12.1 Å². The van der Waals surface area contributed by atoms with Gasteiger partial charge in [0, 0.05) is 49.8 Å². The molecule has 0 saturated carbocycles. The molecule has 3 atom stereocenters. The van der Waals surface area contributed by atoms with Crippen LogP contribution in [-0.4, -0.2) is 64.8 Å². The Labute approximate surface area is 242 Å². The molecule has 2 amide bonds. The van der Waals surface area contributed by atoms with Gasteiger partial charge in [-0.2, -0.15) is 0 Å². The summed E-state index contributed by atoms with van der Waals surface area (Å²) in [6.07, 6.45) is 2.36. The molecule has 3 rings (SSSR count). The lowest BCUT2D eigenvalue weighted by molar-refractivity contribution is -0.144. The summed E-state index contributed by atoms with van der Waals surface area (Å²) in [5, 5.41) is 11.5. The molecule has 0 aromatic heterocycles. The summed E-state index contributed by atoms with van der Waals surface area (Å²) in [6, 6.07) is 8.23. The van der Waals surface area contributed by atoms with Crippen molar-refractivity contribution in [2.75, 3.05) is 26.2 Å². The molecule has 2 unspecified atom stereocenters. The molecule has 0 spiro atoms. The summed E-state index contributed by atoms with van der Waals surface area (Å²) in [5.74, 6) is -3.52. The van der Waals surface area contributed by atoms with Crippen molar-refractivity contribution >= 4 is 17.6 Å². The topological polar surface area (TPSA) is 77.9 Å². The highest BCUT2D eigenvalue weighted by Gasteiger charge is 2.38. The molecule has 1 fully saturated rings. The lowest BCUT2D eigenvalue weighted by Crippen LogP contribution is -2.48. The van der Waals surface area contributed by atoms with Gasteiger partial charge in [-0.1, -0.05) is 20.8 Å². The minimum absolute atomic E-state index is 0.0253. The maximum atomic E-state index is 14.0. The summed E-state index contributed by atoms with van der Waals surface area (Å²) in [4.78, 5) is 43.7. The number of rotatable bonds is 14. The number of halogens is 2. The van der Waals surface area contributed by atoms with Gasteiger partial charge in [-0.05, 0) is 92.8 Å². The second-order valence-corrected chi connectivity index (χ2v) is 11.3. The molecular weight excluding hydrogens is 526 g/mol. The van der Waals surface area contributed by atoms with E-state index < -0.39 is 29.6 Å². The third kappa shape index (κ3) is 8.68. The fourth-order valence-corrected chi connectivity index (χ4v) is 5.91. The lowest BCUT2D eigenvalue weighted by atomic mass is 9.79. The number of carbonyl (C=O) groups is 3. The van der Waals surface area contributed by atoms with Gasteiger partial charge in [0.2, 0.25) is 5.91 Å². The Hall–Kier alpha value is -3.13. The Morgan fingerprint density at radius 3 is 2.22 bits per heavy atom. The number of aryl methyl sites for hydroxylation is 1. The molecule has 1 aliphatic heterocycles. The summed E-state index contributed by atoms with van der Waals surface area (Å²) in [6.45, 7) is 10.3. The van der Waals surface area contributed by atoms with Crippen molar-refractivity contribution in [2.45, 2.75) is 78.7 Å². The maximum absolute atomic E-state index is 14.0. The van der Waals surface area contributed by atoms with Gasteiger partial charge in [0.05, 0.1) is 12.0 Å². The molecule has 1 heterocycles. The summed E-state index contributed by atoms with van der Waals surface area (Å²) < 4.78 is 28.1. The standard InChI is InChI=1S/C33H44F2N2O4/c1-5-10-36(11-6-2)32(40)26-15-22(4)14-24(19-26)30(38)20-25(16-23-17-27(34)21-28(35)18-23)31(39)29-9-8-13-37(12-7-3)33(29)41/h14-15,17-19,21,25,29,31,39H,5-13,16,20H2,1-4H3/t25?,29?,31-/m0/s1. The largest absolute Gasteiger partial charge is 0.392 e. The number of hydrogen-bond acceptors (Lipinski definition) is 4. The average Bonchev–Trinajstić information content (AvgIpc) is 2.92. The van der Waals surface area contributed by atoms with Crippen LogP contribution in [0.15, 0.2) is 36.4 Å². The van der Waals surface area contributed by atoms with E-state index in [2.05, 4.69) is 0 Å². The number of piperidine rings is 1. The molecule has 1 saturated heterocycles. The molecule has 2 aromatic rings. The SMILES string of the molecule is CCCN(CCC)C(=O)c1cc(C)cc(C(=O)CC(Cc2cc(F)cc(F)c2)[C@H](O)C2CCCN(CCC)C2=O)c1. The highest BCUT2D eigenvalue weighted by atomic mass is 19.1. The molecule has 224 valence electrons. The summed E-state index contributed by atoms with van der Waals surface area (Å²) in [5.41, 5.74) is 1.83. The van der Waals surface area contributed by atoms with Gasteiger partial charge in [-0.3, -0.25) is 14.4 Å². The van der Waals surface area contributed by atoms with Gasteiger partial charge in [0.15, 0.2) is 5.78 Å². The Morgan fingerprint density at radius 1 is 0.976 bits per heavy atom. The van der Waals surface area contributed by atoms with Gasteiger partial charge in [-0.15, -0.1) is 0 Å². The summed E-state index contributed by atoms with van der Waals surface area (Å²) >= 11 is 0. The van der Waals surface area contributed by atoms with Gasteiger partial charge in [-0.25, -0.2) is 8.78 Å². The van der Waals surface area contributed by atoms with E-state index in [9.17, 15) is 28.3 Å². The Balaban J connectivity index is 1.91. The van der Waals surface area contributed by atoms with Crippen molar-refractivity contribution in [2.24, 2.45) is 11.8 Å². The zero-order valence-electron chi connectivity index (χ0n) is 24.8. The van der Waals surface area contributed by atoms with Crippen molar-refractivity contribution in [1.29, 1.82) is 0 Å². The highest BCUT2D eigenvalue weighted by molar-refractivity contribution is 6.01. The zero-order chi connectivity index (χ0) is 30.1. The molecular formula is C33H44F2N2O4. The Morgan fingerprint density at radius 2 is 1.61 bits per heavy atom. The van der Waals surface area contributed by atoms with Gasteiger partial charge < -0.3 is 14.9 Å². The normalized spacial score (nSPS) is 16.9. The number of Topliss-reactive ketones (excluding diaryl/α,β-unsaturated/α-hetero) is 1. The first-order valence-electron chi connectivity index (χ1n) is 14.9. The first-order chi connectivity index (χ1) is 19.6. The van der Waals surface area contributed by atoms with E-state index >= 15 is 0 Å². The van der Waals surface area contributed by atoms with Gasteiger partial charge >= 0.3 is 0 Å². The number of benzene rings is 2. The fraction of sp³-hybridized carbons (Fsp3) is 0.545. The van der Waals surface area contributed by atoms with E-state index in [-0.39, 0.29) is 30.4 Å². The number of amides is 2. The molecule has 0 bridgehead atoms. The number of nitrogens with zero attached hydrogens (tertiary/aromatic N) is 2. The second-order valence-electron chi connectivity index (χ2n) is 11.3. The molecule has 1 aliphatic rings. The van der Waals surface area contributed by atoms with Crippen molar-refractivity contribution in [3.05, 3.63) is 70.3 Å². The number of aliphatic hydroxyl groups is 1. The predicted octanol–water partition coefficient (Wildman–Crippen LogP) is 5.98. The lowest BCUT2D eigenvalue weighted by Gasteiger charge is -2.37. The molecule has 41 heavy (non-hydrogen) atoms. The van der Waals surface area contributed by atoms with Gasteiger partial charge in [0.1, 0.15) is 11.6 Å². The predicted molar refractivity (Wildman–Crippen MR) is 156 cm³/mol. The Kier molecular flexibility index (Phi) is 12.0. The van der Waals surface area contributed by atoms with Crippen LogP contribution in [0.3, 0.4) is 0 Å². The van der Waals surface area contributed by atoms with Gasteiger partial charge in [0.25, 0.3) is 5.91 Å². The van der Waals surface area contributed by atoms with E-state index in [1.807, 2.05) is 27.7 Å². The monoisotopic (exact) mass is 570 g/mol. The molecule has 2 aromatic carbocycles. The minimum Gasteiger partial charge on any atom is -0.392 e. The average molecular weight is 571 g/mol. The zero-order valence-corrected chi connectivity index (χ0v) is 24.8.